The van der Waals surface area contributed by atoms with Crippen LogP contribution in [-0.2, 0) is 14.0 Å². The summed E-state index contributed by atoms with van der Waals surface area (Å²) in [5, 5.41) is 23.7. The molecule has 3 fully saturated rings. The molecule has 0 spiro atoms. The zero-order valence-electron chi connectivity index (χ0n) is 23.8. The van der Waals surface area contributed by atoms with Crippen molar-refractivity contribution < 1.29 is 24.2 Å². The lowest BCUT2D eigenvalue weighted by Gasteiger charge is -2.69. The molecule has 1 saturated heterocycles. The van der Waals surface area contributed by atoms with Crippen molar-refractivity contribution in [2.45, 2.75) is 124 Å². The summed E-state index contributed by atoms with van der Waals surface area (Å²) in [5.74, 6) is -0.480. The molecular formula is C29H50O5Si. The Morgan fingerprint density at radius 2 is 1.66 bits per heavy atom. The van der Waals surface area contributed by atoms with Crippen molar-refractivity contribution >= 4 is 14.1 Å². The zero-order valence-corrected chi connectivity index (χ0v) is 24.8. The Labute approximate surface area is 214 Å². The van der Waals surface area contributed by atoms with Gasteiger partial charge >= 0.3 is 0 Å². The van der Waals surface area contributed by atoms with Gasteiger partial charge in [0.25, 0.3) is 0 Å². The number of hydrogen-bond acceptors (Lipinski definition) is 5. The van der Waals surface area contributed by atoms with Gasteiger partial charge in [-0.15, -0.1) is 0 Å². The second-order valence-corrected chi connectivity index (χ2v) is 18.1. The summed E-state index contributed by atoms with van der Waals surface area (Å²) in [6.45, 7) is 22.0. The third kappa shape index (κ3) is 3.35. The summed E-state index contributed by atoms with van der Waals surface area (Å²) < 4.78 is 13.4. The Bertz CT molecular complexity index is 900. The standard InChI is InChI=1S/C29H50O5Si/c1-11-35(12-2,13-3)34-22-14-21-27(9,16-33-21)24-19(6)29(32)15-20(30)17(4)23(26(29,7)8)18(5)25(31)28(22,24)10/h18-22,24,30,32H,11-16H2,1-10H3/t18-,19?,20+,21-,22+,24?,27-,28-,29-/m1/s1. The van der Waals surface area contributed by atoms with E-state index in [-0.39, 0.29) is 41.2 Å². The average molecular weight is 507 g/mol. The Hall–Kier alpha value is -0.533. The van der Waals surface area contributed by atoms with E-state index in [0.29, 0.717) is 13.0 Å². The molecule has 0 amide bonds. The van der Waals surface area contributed by atoms with Gasteiger partial charge in [0.2, 0.25) is 0 Å². The maximum absolute atomic E-state index is 14.8. The SMILES string of the molecule is CC[Si](CC)(CC)O[C@H]1C[C@H]2OC[C@@]2(C)C2C(C)[C@]3(O)C[C@H](O)C(C)=C([C@@H](C)C(=O)[C@@]21C)C3(C)C. The molecule has 5 nitrogen and oxygen atoms in total. The summed E-state index contributed by atoms with van der Waals surface area (Å²) in [7, 11) is -2.00. The van der Waals surface area contributed by atoms with Gasteiger partial charge in [-0.3, -0.25) is 4.79 Å². The van der Waals surface area contributed by atoms with E-state index in [1.165, 1.54) is 0 Å². The lowest BCUT2D eigenvalue weighted by molar-refractivity contribution is -0.299. The van der Waals surface area contributed by atoms with Crippen molar-refractivity contribution in [1.29, 1.82) is 0 Å². The van der Waals surface area contributed by atoms with Gasteiger partial charge in [-0.25, -0.2) is 0 Å². The number of aliphatic hydroxyl groups excluding tert-OH is 1. The molecule has 2 saturated carbocycles. The molecule has 9 atom stereocenters. The predicted molar refractivity (Wildman–Crippen MR) is 142 cm³/mol. The Balaban J connectivity index is 1.97. The van der Waals surface area contributed by atoms with Crippen molar-refractivity contribution in [3.8, 4) is 0 Å². The van der Waals surface area contributed by atoms with Crippen LogP contribution in [0.1, 0.15) is 82.1 Å². The lowest BCUT2D eigenvalue weighted by Crippen LogP contribution is -2.75. The topological polar surface area (TPSA) is 76.0 Å². The molecule has 1 aliphatic heterocycles. The van der Waals surface area contributed by atoms with Gasteiger partial charge < -0.3 is 19.4 Å². The van der Waals surface area contributed by atoms with Gasteiger partial charge in [0.15, 0.2) is 8.32 Å². The summed E-state index contributed by atoms with van der Waals surface area (Å²) in [5.41, 5.74) is -0.908. The van der Waals surface area contributed by atoms with E-state index in [4.69, 9.17) is 9.16 Å². The van der Waals surface area contributed by atoms with E-state index >= 15 is 0 Å². The molecular weight excluding hydrogens is 456 g/mol. The fraction of sp³-hybridized carbons (Fsp3) is 0.897. The lowest BCUT2D eigenvalue weighted by atomic mass is 9.40. The largest absolute Gasteiger partial charge is 0.413 e. The normalized spacial score (nSPS) is 47.4. The number of hydrogen-bond donors (Lipinski definition) is 2. The molecule has 2 bridgehead atoms. The van der Waals surface area contributed by atoms with Gasteiger partial charge in [-0.1, -0.05) is 55.4 Å². The number of ketones is 1. The molecule has 3 aliphatic carbocycles. The predicted octanol–water partition coefficient (Wildman–Crippen LogP) is 5.50. The highest BCUT2D eigenvalue weighted by molar-refractivity contribution is 6.73. The van der Waals surface area contributed by atoms with Crippen LogP contribution in [0, 0.1) is 34.0 Å². The van der Waals surface area contributed by atoms with Crippen LogP contribution in [-0.4, -0.2) is 54.8 Å². The first-order valence-electron chi connectivity index (χ1n) is 14.1. The second kappa shape index (κ2) is 8.49. The van der Waals surface area contributed by atoms with E-state index in [0.717, 1.165) is 35.7 Å². The first-order valence-corrected chi connectivity index (χ1v) is 16.6. The number of ether oxygens (including phenoxy) is 1. The number of fused-ring (bicyclic) bond motifs is 5. The van der Waals surface area contributed by atoms with Gasteiger partial charge in [0.1, 0.15) is 5.78 Å². The number of carbonyl (C=O) groups is 1. The zero-order chi connectivity index (χ0) is 26.4. The second-order valence-electron chi connectivity index (χ2n) is 13.4. The maximum Gasteiger partial charge on any atom is 0.192 e. The molecule has 4 rings (SSSR count). The molecule has 4 aliphatic rings. The fourth-order valence-corrected chi connectivity index (χ4v) is 12.4. The van der Waals surface area contributed by atoms with Crippen LogP contribution in [0.4, 0.5) is 0 Å². The first-order chi connectivity index (χ1) is 16.1. The minimum Gasteiger partial charge on any atom is -0.413 e. The maximum atomic E-state index is 14.8. The molecule has 35 heavy (non-hydrogen) atoms. The fourth-order valence-electron chi connectivity index (χ4n) is 9.41. The first kappa shape index (κ1) is 27.5. The van der Waals surface area contributed by atoms with E-state index < -0.39 is 30.9 Å². The highest BCUT2D eigenvalue weighted by Gasteiger charge is 2.72. The van der Waals surface area contributed by atoms with Crippen LogP contribution in [0.25, 0.3) is 0 Å². The molecule has 6 heteroatoms. The molecule has 2 unspecified atom stereocenters. The quantitative estimate of drug-likeness (QED) is 0.380. The third-order valence-electron chi connectivity index (χ3n) is 11.9. The smallest absolute Gasteiger partial charge is 0.192 e. The summed E-state index contributed by atoms with van der Waals surface area (Å²) in [6, 6.07) is 3.10. The van der Waals surface area contributed by atoms with Gasteiger partial charge in [0.05, 0.1) is 35.9 Å². The Morgan fingerprint density at radius 3 is 2.14 bits per heavy atom. The van der Waals surface area contributed by atoms with Crippen molar-refractivity contribution in [2.24, 2.45) is 34.0 Å². The van der Waals surface area contributed by atoms with Crippen LogP contribution in [0.3, 0.4) is 0 Å². The summed E-state index contributed by atoms with van der Waals surface area (Å²) >= 11 is 0. The molecule has 0 radical (unpaired) electrons. The summed E-state index contributed by atoms with van der Waals surface area (Å²) in [6.07, 6.45) is 0.124. The van der Waals surface area contributed by atoms with Crippen LogP contribution < -0.4 is 0 Å². The van der Waals surface area contributed by atoms with Crippen molar-refractivity contribution in [2.75, 3.05) is 6.61 Å². The molecule has 0 aromatic rings. The van der Waals surface area contributed by atoms with Gasteiger partial charge in [-0.05, 0) is 55.0 Å². The van der Waals surface area contributed by atoms with E-state index in [2.05, 4.69) is 55.4 Å². The number of rotatable bonds is 5. The van der Waals surface area contributed by atoms with Crippen molar-refractivity contribution in [1.82, 2.24) is 0 Å². The van der Waals surface area contributed by atoms with Crippen molar-refractivity contribution in [3.05, 3.63) is 11.1 Å². The van der Waals surface area contributed by atoms with E-state index in [1.807, 2.05) is 13.8 Å². The molecule has 0 aromatic carbocycles. The number of carbonyl (C=O) groups excluding carboxylic acids is 1. The molecule has 1 heterocycles. The number of Topliss-reactive ketones (excluding diaryl/α,β-unsaturated/α-hetero) is 1. The Morgan fingerprint density at radius 1 is 1.09 bits per heavy atom. The third-order valence-corrected chi connectivity index (χ3v) is 16.6. The van der Waals surface area contributed by atoms with Crippen LogP contribution >= 0.6 is 0 Å². The Kier molecular flexibility index (Phi) is 6.67. The van der Waals surface area contributed by atoms with Crippen molar-refractivity contribution in [3.63, 3.8) is 0 Å². The molecule has 200 valence electrons. The van der Waals surface area contributed by atoms with Crippen LogP contribution in [0.5, 0.6) is 0 Å². The van der Waals surface area contributed by atoms with Crippen LogP contribution in [0.2, 0.25) is 18.1 Å². The molecule has 0 aromatic heterocycles. The minimum absolute atomic E-state index is 0.0322. The average Bonchev–Trinajstić information content (AvgIpc) is 2.80. The minimum atomic E-state index is -2.00. The highest BCUT2D eigenvalue weighted by Crippen LogP contribution is 2.68. The van der Waals surface area contributed by atoms with E-state index in [1.54, 1.807) is 0 Å². The van der Waals surface area contributed by atoms with Gasteiger partial charge in [0, 0.05) is 29.6 Å². The number of aliphatic hydroxyl groups is 2. The highest BCUT2D eigenvalue weighted by atomic mass is 28.4. The van der Waals surface area contributed by atoms with E-state index in [9.17, 15) is 15.0 Å². The molecule has 2 N–H and O–H groups in total. The van der Waals surface area contributed by atoms with Gasteiger partial charge in [-0.2, -0.15) is 0 Å². The van der Waals surface area contributed by atoms with Crippen LogP contribution in [0.15, 0.2) is 11.1 Å². The monoisotopic (exact) mass is 506 g/mol. The summed E-state index contributed by atoms with van der Waals surface area (Å²) in [4.78, 5) is 14.8.